The van der Waals surface area contributed by atoms with Crippen LogP contribution in [0.5, 0.6) is 0 Å². The number of hydrogen-bond donors (Lipinski definition) is 1. The number of halogens is 1. The predicted octanol–water partition coefficient (Wildman–Crippen LogP) is 6.55. The first-order valence-corrected chi connectivity index (χ1v) is 13.6. The van der Waals surface area contributed by atoms with Crippen molar-refractivity contribution in [2.45, 2.75) is 58.0 Å². The number of benzene rings is 2. The zero-order valence-electron chi connectivity index (χ0n) is 20.1. The lowest BCUT2D eigenvalue weighted by molar-refractivity contribution is -0.122. The van der Waals surface area contributed by atoms with E-state index in [-0.39, 0.29) is 23.7 Å². The summed E-state index contributed by atoms with van der Waals surface area (Å²) in [5, 5.41) is 4.10. The summed E-state index contributed by atoms with van der Waals surface area (Å²) < 4.78 is 1.97. The lowest BCUT2D eigenvalue weighted by Crippen LogP contribution is -2.38. The van der Waals surface area contributed by atoms with Crippen LogP contribution in [0.2, 0.25) is 5.02 Å². The number of amides is 3. The summed E-state index contributed by atoms with van der Waals surface area (Å²) in [4.78, 5) is 40.4. The minimum atomic E-state index is -0.402. The lowest BCUT2D eigenvalue weighted by atomic mass is 9.95. The fourth-order valence-corrected chi connectivity index (χ4v) is 6.16. The highest BCUT2D eigenvalue weighted by molar-refractivity contribution is 8.19. The van der Waals surface area contributed by atoms with Crippen LogP contribution in [0.3, 0.4) is 0 Å². The maximum absolute atomic E-state index is 13.2. The molecular formula is C28H28ClN3O3S. The van der Waals surface area contributed by atoms with Gasteiger partial charge in [-0.3, -0.25) is 14.4 Å². The summed E-state index contributed by atoms with van der Waals surface area (Å²) in [5.41, 5.74) is 3.28. The third kappa shape index (κ3) is 4.82. The zero-order valence-corrected chi connectivity index (χ0v) is 21.7. The number of carbonyl (C=O) groups excluding carboxylic acids is 3. The number of carbonyl (C=O) groups is 3. The van der Waals surface area contributed by atoms with Crippen LogP contribution in [-0.4, -0.2) is 27.7 Å². The van der Waals surface area contributed by atoms with Gasteiger partial charge in [0.05, 0.1) is 21.1 Å². The van der Waals surface area contributed by atoms with E-state index in [0.29, 0.717) is 15.6 Å². The second kappa shape index (κ2) is 10.5. The molecule has 1 aliphatic heterocycles. The largest absolute Gasteiger partial charge is 0.352 e. The molecule has 0 bridgehead atoms. The molecule has 5 rings (SSSR count). The van der Waals surface area contributed by atoms with E-state index < -0.39 is 5.91 Å². The summed E-state index contributed by atoms with van der Waals surface area (Å²) in [6, 6.07) is 13.1. The Bertz CT molecular complexity index is 1370. The van der Waals surface area contributed by atoms with Gasteiger partial charge in [-0.1, -0.05) is 68.1 Å². The minimum absolute atomic E-state index is 0.00435. The fraction of sp³-hybridized carbons (Fsp3) is 0.321. The van der Waals surface area contributed by atoms with Gasteiger partial charge in [-0.05, 0) is 54.8 Å². The Morgan fingerprint density at radius 2 is 1.89 bits per heavy atom. The molecule has 2 fully saturated rings. The molecule has 1 aromatic heterocycles. The van der Waals surface area contributed by atoms with Gasteiger partial charge in [0.25, 0.3) is 11.1 Å². The Balaban J connectivity index is 1.48. The summed E-state index contributed by atoms with van der Waals surface area (Å²) >= 11 is 7.16. The van der Waals surface area contributed by atoms with Crippen LogP contribution in [0.15, 0.2) is 53.6 Å². The van der Waals surface area contributed by atoms with Gasteiger partial charge in [0.15, 0.2) is 0 Å². The van der Waals surface area contributed by atoms with Crippen LogP contribution in [-0.2, 0) is 22.6 Å². The van der Waals surface area contributed by atoms with Crippen molar-refractivity contribution < 1.29 is 14.4 Å². The van der Waals surface area contributed by atoms with Crippen molar-refractivity contribution in [2.24, 2.45) is 0 Å². The summed E-state index contributed by atoms with van der Waals surface area (Å²) in [5.74, 6) is -0.406. The molecule has 0 spiro atoms. The van der Waals surface area contributed by atoms with Crippen LogP contribution in [0.4, 0.5) is 10.5 Å². The average Bonchev–Trinajstić information content (AvgIpc) is 3.36. The molecule has 8 heteroatoms. The van der Waals surface area contributed by atoms with E-state index in [9.17, 15) is 14.4 Å². The first-order chi connectivity index (χ1) is 17.5. The van der Waals surface area contributed by atoms with Crippen molar-refractivity contribution >= 4 is 63.1 Å². The summed E-state index contributed by atoms with van der Waals surface area (Å²) in [6.45, 7) is 2.29. The molecule has 3 amide bonds. The van der Waals surface area contributed by atoms with Gasteiger partial charge in [-0.2, -0.15) is 0 Å². The van der Waals surface area contributed by atoms with Gasteiger partial charge in [-0.25, -0.2) is 4.90 Å². The van der Waals surface area contributed by atoms with Crippen LogP contribution in [0.1, 0.15) is 50.2 Å². The molecule has 0 atom stereocenters. The molecule has 186 valence electrons. The van der Waals surface area contributed by atoms with E-state index >= 15 is 0 Å². The van der Waals surface area contributed by atoms with Crippen LogP contribution in [0, 0.1) is 0 Å². The molecule has 2 heterocycles. The normalized spacial score (nSPS) is 17.9. The van der Waals surface area contributed by atoms with Crippen molar-refractivity contribution in [1.82, 2.24) is 9.88 Å². The Kier molecular flexibility index (Phi) is 7.21. The van der Waals surface area contributed by atoms with Gasteiger partial charge in [0, 0.05) is 23.2 Å². The molecule has 1 aliphatic carbocycles. The SMILES string of the molecule is CCc1cccc2c(/C=C3\SC(=O)N(c4ccccc4Cl)C3=O)cn(CC(=O)NC3CCCCC3)c12. The van der Waals surface area contributed by atoms with E-state index in [4.69, 9.17) is 11.6 Å². The molecule has 0 radical (unpaired) electrons. The number of nitrogens with zero attached hydrogens (tertiary/aromatic N) is 2. The Morgan fingerprint density at radius 3 is 2.64 bits per heavy atom. The molecule has 1 saturated heterocycles. The highest BCUT2D eigenvalue weighted by Gasteiger charge is 2.37. The smallest absolute Gasteiger partial charge is 0.298 e. The number of para-hydroxylation sites is 2. The van der Waals surface area contributed by atoms with E-state index in [0.717, 1.165) is 70.8 Å². The monoisotopic (exact) mass is 521 g/mol. The number of hydrogen-bond acceptors (Lipinski definition) is 4. The summed E-state index contributed by atoms with van der Waals surface area (Å²) in [6.07, 6.45) is 10.1. The number of aromatic nitrogens is 1. The van der Waals surface area contributed by atoms with E-state index in [1.165, 1.54) is 6.42 Å². The number of rotatable bonds is 6. The number of anilines is 1. The van der Waals surface area contributed by atoms with Crippen LogP contribution >= 0.6 is 23.4 Å². The van der Waals surface area contributed by atoms with Crippen molar-refractivity contribution in [3.63, 3.8) is 0 Å². The quantitative estimate of drug-likeness (QED) is 0.373. The van der Waals surface area contributed by atoms with Gasteiger partial charge >= 0.3 is 0 Å². The first-order valence-electron chi connectivity index (χ1n) is 12.4. The third-order valence-corrected chi connectivity index (χ3v) is 8.04. The maximum Gasteiger partial charge on any atom is 0.298 e. The zero-order chi connectivity index (χ0) is 25.2. The van der Waals surface area contributed by atoms with Gasteiger partial charge in [0.2, 0.25) is 5.91 Å². The molecular weight excluding hydrogens is 494 g/mol. The molecule has 2 aromatic carbocycles. The van der Waals surface area contributed by atoms with E-state index in [1.807, 2.05) is 22.9 Å². The number of nitrogens with one attached hydrogen (secondary N) is 1. The molecule has 36 heavy (non-hydrogen) atoms. The first kappa shape index (κ1) is 24.7. The van der Waals surface area contributed by atoms with E-state index in [2.05, 4.69) is 18.3 Å². The number of fused-ring (bicyclic) bond motifs is 1. The number of imide groups is 1. The molecule has 0 unspecified atom stereocenters. The standard InChI is InChI=1S/C28H28ClN3O3S/c1-2-18-9-8-12-21-19(16-31(26(18)21)17-25(33)30-20-10-4-3-5-11-20)15-24-27(34)32(28(35)36-24)23-14-7-6-13-22(23)29/h6-9,12-16,20H,2-5,10-11,17H2,1H3,(H,30,33)/b24-15-. The highest BCUT2D eigenvalue weighted by atomic mass is 35.5. The summed E-state index contributed by atoms with van der Waals surface area (Å²) in [7, 11) is 0. The van der Waals surface area contributed by atoms with E-state index in [1.54, 1.807) is 30.3 Å². The number of aryl methyl sites for hydroxylation is 1. The van der Waals surface area contributed by atoms with Crippen LogP contribution < -0.4 is 10.2 Å². The minimum Gasteiger partial charge on any atom is -0.352 e. The molecule has 2 aliphatic rings. The van der Waals surface area contributed by atoms with Crippen LogP contribution in [0.25, 0.3) is 17.0 Å². The van der Waals surface area contributed by atoms with Gasteiger partial charge in [0.1, 0.15) is 6.54 Å². The topological polar surface area (TPSA) is 71.4 Å². The molecule has 3 aromatic rings. The lowest BCUT2D eigenvalue weighted by Gasteiger charge is -2.23. The highest BCUT2D eigenvalue weighted by Crippen LogP contribution is 2.39. The average molecular weight is 522 g/mol. The molecule has 1 N–H and O–H groups in total. The van der Waals surface area contributed by atoms with Gasteiger partial charge in [-0.15, -0.1) is 0 Å². The Hall–Kier alpha value is -3.03. The van der Waals surface area contributed by atoms with Crippen molar-refractivity contribution in [3.05, 3.63) is 69.7 Å². The Labute approximate surface area is 219 Å². The third-order valence-electron chi connectivity index (χ3n) is 6.85. The Morgan fingerprint density at radius 1 is 1.11 bits per heavy atom. The molecule has 6 nitrogen and oxygen atoms in total. The molecule has 1 saturated carbocycles. The maximum atomic E-state index is 13.2. The number of thioether (sulfide) groups is 1. The second-order valence-electron chi connectivity index (χ2n) is 9.25. The predicted molar refractivity (Wildman–Crippen MR) is 146 cm³/mol. The van der Waals surface area contributed by atoms with Crippen molar-refractivity contribution in [3.8, 4) is 0 Å². The van der Waals surface area contributed by atoms with Gasteiger partial charge < -0.3 is 9.88 Å². The fourth-order valence-electron chi connectivity index (χ4n) is 5.12. The van der Waals surface area contributed by atoms with Crippen molar-refractivity contribution in [1.29, 1.82) is 0 Å². The van der Waals surface area contributed by atoms with Crippen molar-refractivity contribution in [2.75, 3.05) is 4.90 Å². The second-order valence-corrected chi connectivity index (χ2v) is 10.7.